The normalized spacial score (nSPS) is 15.8. The molecule has 7 nitrogen and oxygen atoms in total. The smallest absolute Gasteiger partial charge is 0.241 e. The largest absolute Gasteiger partial charge is 0.397 e. The van der Waals surface area contributed by atoms with E-state index in [9.17, 15) is 13.2 Å². The Bertz CT molecular complexity index is 624. The second kappa shape index (κ2) is 6.31. The number of nitrogens with one attached hydrogen (secondary N) is 1. The lowest BCUT2D eigenvalue weighted by atomic mass is 10.1. The molecule has 0 atom stereocenters. The van der Waals surface area contributed by atoms with Crippen LogP contribution < -0.4 is 16.2 Å². The Balaban J connectivity index is 1.98. The van der Waals surface area contributed by atoms with Crippen LogP contribution in [0.3, 0.4) is 0 Å². The van der Waals surface area contributed by atoms with Gasteiger partial charge in [-0.2, -0.15) is 0 Å². The summed E-state index contributed by atoms with van der Waals surface area (Å²) in [7, 11) is -3.77. The summed E-state index contributed by atoms with van der Waals surface area (Å²) in [4.78, 5) is 13.8. The summed E-state index contributed by atoms with van der Waals surface area (Å²) in [5.74, 6) is 0.0182. The van der Waals surface area contributed by atoms with E-state index in [-0.39, 0.29) is 23.0 Å². The predicted molar refractivity (Wildman–Crippen MR) is 81.1 cm³/mol. The summed E-state index contributed by atoms with van der Waals surface area (Å²) in [5.41, 5.74) is 6.54. The number of anilines is 2. The molecule has 0 spiro atoms. The number of nitrogens with zero attached hydrogens (tertiary/aromatic N) is 1. The number of sulfonamides is 1. The zero-order valence-electron chi connectivity index (χ0n) is 11.7. The zero-order valence-corrected chi connectivity index (χ0v) is 12.5. The highest BCUT2D eigenvalue weighted by Crippen LogP contribution is 2.21. The highest BCUT2D eigenvalue weighted by Gasteiger charge is 2.16. The van der Waals surface area contributed by atoms with Crippen molar-refractivity contribution in [1.82, 2.24) is 4.90 Å². The Hall–Kier alpha value is -1.80. The van der Waals surface area contributed by atoms with E-state index < -0.39 is 10.0 Å². The number of likely N-dealkylation sites (tertiary alicyclic amines) is 1. The maximum atomic E-state index is 12.0. The number of amides is 1. The Morgan fingerprint density at radius 3 is 2.48 bits per heavy atom. The molecule has 0 aliphatic carbocycles. The van der Waals surface area contributed by atoms with Crippen LogP contribution >= 0.6 is 0 Å². The molecule has 0 aromatic heterocycles. The first kappa shape index (κ1) is 15.6. The minimum absolute atomic E-state index is 0.0182. The van der Waals surface area contributed by atoms with Gasteiger partial charge in [0, 0.05) is 13.1 Å². The van der Waals surface area contributed by atoms with Gasteiger partial charge in [0.05, 0.1) is 22.8 Å². The average molecular weight is 312 g/mol. The van der Waals surface area contributed by atoms with Crippen molar-refractivity contribution in [2.75, 3.05) is 30.7 Å². The SMILES string of the molecule is Nc1cc(S(N)(=O)=O)ccc1NCC(=O)N1CCCCC1. The first-order valence-corrected chi connectivity index (χ1v) is 8.36. The van der Waals surface area contributed by atoms with Crippen molar-refractivity contribution < 1.29 is 13.2 Å². The number of piperidine rings is 1. The van der Waals surface area contributed by atoms with Gasteiger partial charge in [-0.3, -0.25) is 4.79 Å². The van der Waals surface area contributed by atoms with Gasteiger partial charge in [-0.15, -0.1) is 0 Å². The Morgan fingerprint density at radius 2 is 1.90 bits per heavy atom. The van der Waals surface area contributed by atoms with E-state index in [0.717, 1.165) is 25.9 Å². The van der Waals surface area contributed by atoms with E-state index in [1.165, 1.54) is 24.6 Å². The second-order valence-electron chi connectivity index (χ2n) is 5.09. The fraction of sp³-hybridized carbons (Fsp3) is 0.462. The summed E-state index contributed by atoms with van der Waals surface area (Å²) in [5, 5.41) is 7.97. The van der Waals surface area contributed by atoms with Gasteiger partial charge in [-0.25, -0.2) is 13.6 Å². The minimum Gasteiger partial charge on any atom is -0.397 e. The van der Waals surface area contributed by atoms with Crippen molar-refractivity contribution in [1.29, 1.82) is 0 Å². The number of carbonyl (C=O) groups excluding carboxylic acids is 1. The number of carbonyl (C=O) groups is 1. The van der Waals surface area contributed by atoms with Gasteiger partial charge in [0.15, 0.2) is 0 Å². The molecule has 1 amide bonds. The Morgan fingerprint density at radius 1 is 1.24 bits per heavy atom. The van der Waals surface area contributed by atoms with Crippen LogP contribution in [0, 0.1) is 0 Å². The number of nitrogens with two attached hydrogens (primary N) is 2. The average Bonchev–Trinajstić information content (AvgIpc) is 2.45. The van der Waals surface area contributed by atoms with Gasteiger partial charge in [-0.1, -0.05) is 0 Å². The molecule has 1 aliphatic rings. The van der Waals surface area contributed by atoms with Gasteiger partial charge in [0.1, 0.15) is 0 Å². The summed E-state index contributed by atoms with van der Waals surface area (Å²) < 4.78 is 22.4. The number of rotatable bonds is 4. The fourth-order valence-corrected chi connectivity index (χ4v) is 2.85. The molecule has 1 heterocycles. The van der Waals surface area contributed by atoms with Gasteiger partial charge >= 0.3 is 0 Å². The molecule has 21 heavy (non-hydrogen) atoms. The van der Waals surface area contributed by atoms with E-state index in [1.54, 1.807) is 0 Å². The maximum absolute atomic E-state index is 12.0. The number of benzene rings is 1. The van der Waals surface area contributed by atoms with Crippen LogP contribution in [-0.4, -0.2) is 38.9 Å². The summed E-state index contributed by atoms with van der Waals surface area (Å²) in [6, 6.07) is 4.15. The molecule has 2 rings (SSSR count). The topological polar surface area (TPSA) is 119 Å². The number of primary sulfonamides is 1. The van der Waals surface area contributed by atoms with Crippen LogP contribution in [0.1, 0.15) is 19.3 Å². The zero-order chi connectivity index (χ0) is 15.5. The second-order valence-corrected chi connectivity index (χ2v) is 6.65. The molecule has 0 radical (unpaired) electrons. The first-order chi connectivity index (χ1) is 9.88. The lowest BCUT2D eigenvalue weighted by Gasteiger charge is -2.27. The van der Waals surface area contributed by atoms with Gasteiger partial charge in [-0.05, 0) is 37.5 Å². The summed E-state index contributed by atoms with van der Waals surface area (Å²) in [6.07, 6.45) is 3.24. The molecule has 1 saturated heterocycles. The standard InChI is InChI=1S/C13H20N4O3S/c14-11-8-10(21(15,19)20)4-5-12(11)16-9-13(18)17-6-2-1-3-7-17/h4-5,8,16H,1-3,6-7,9,14H2,(H2,15,19,20). The van der Waals surface area contributed by atoms with Crippen molar-refractivity contribution in [3.8, 4) is 0 Å². The van der Waals surface area contributed by atoms with Crippen LogP contribution in [0.5, 0.6) is 0 Å². The third kappa shape index (κ3) is 4.08. The monoisotopic (exact) mass is 312 g/mol. The number of hydrogen-bond acceptors (Lipinski definition) is 5. The third-order valence-electron chi connectivity index (χ3n) is 3.49. The number of hydrogen-bond donors (Lipinski definition) is 3. The van der Waals surface area contributed by atoms with E-state index in [1.807, 2.05) is 4.90 Å². The maximum Gasteiger partial charge on any atom is 0.241 e. The van der Waals surface area contributed by atoms with Crippen LogP contribution in [0.4, 0.5) is 11.4 Å². The molecular formula is C13H20N4O3S. The lowest BCUT2D eigenvalue weighted by Crippen LogP contribution is -2.39. The van der Waals surface area contributed by atoms with Gasteiger partial charge in [0.25, 0.3) is 0 Å². The van der Waals surface area contributed by atoms with Crippen LogP contribution in [-0.2, 0) is 14.8 Å². The van der Waals surface area contributed by atoms with Crippen molar-refractivity contribution in [2.24, 2.45) is 5.14 Å². The van der Waals surface area contributed by atoms with E-state index >= 15 is 0 Å². The van der Waals surface area contributed by atoms with Crippen molar-refractivity contribution in [2.45, 2.75) is 24.2 Å². The summed E-state index contributed by atoms with van der Waals surface area (Å²) in [6.45, 7) is 1.72. The molecule has 0 saturated carbocycles. The molecular weight excluding hydrogens is 292 g/mol. The Kier molecular flexibility index (Phi) is 4.69. The Labute approximate surface area is 124 Å². The highest BCUT2D eigenvalue weighted by atomic mass is 32.2. The lowest BCUT2D eigenvalue weighted by molar-refractivity contribution is -0.130. The van der Waals surface area contributed by atoms with Gasteiger partial charge < -0.3 is 16.0 Å². The van der Waals surface area contributed by atoms with Crippen LogP contribution in [0.15, 0.2) is 23.1 Å². The highest BCUT2D eigenvalue weighted by molar-refractivity contribution is 7.89. The van der Waals surface area contributed by atoms with Crippen molar-refractivity contribution >= 4 is 27.3 Å². The molecule has 1 aliphatic heterocycles. The van der Waals surface area contributed by atoms with Crippen molar-refractivity contribution in [3.63, 3.8) is 0 Å². The van der Waals surface area contributed by atoms with E-state index in [4.69, 9.17) is 10.9 Å². The summed E-state index contributed by atoms with van der Waals surface area (Å²) >= 11 is 0. The van der Waals surface area contributed by atoms with Crippen LogP contribution in [0.25, 0.3) is 0 Å². The molecule has 1 fully saturated rings. The first-order valence-electron chi connectivity index (χ1n) is 6.82. The molecule has 1 aromatic carbocycles. The molecule has 116 valence electrons. The molecule has 5 N–H and O–H groups in total. The van der Waals surface area contributed by atoms with Gasteiger partial charge in [0.2, 0.25) is 15.9 Å². The fourth-order valence-electron chi connectivity index (χ4n) is 2.30. The molecule has 8 heteroatoms. The van der Waals surface area contributed by atoms with E-state index in [2.05, 4.69) is 5.32 Å². The third-order valence-corrected chi connectivity index (χ3v) is 4.40. The predicted octanol–water partition coefficient (Wildman–Crippen LogP) is 0.341. The number of nitrogen functional groups attached to an aromatic ring is 1. The minimum atomic E-state index is -3.77. The van der Waals surface area contributed by atoms with Crippen LogP contribution in [0.2, 0.25) is 0 Å². The van der Waals surface area contributed by atoms with Crippen molar-refractivity contribution in [3.05, 3.63) is 18.2 Å². The molecule has 0 unspecified atom stereocenters. The molecule has 0 bridgehead atoms. The molecule has 1 aromatic rings. The quantitative estimate of drug-likeness (QED) is 0.693. The van der Waals surface area contributed by atoms with E-state index in [0.29, 0.717) is 5.69 Å².